The highest BCUT2D eigenvalue weighted by atomic mass is 32.1. The van der Waals surface area contributed by atoms with E-state index in [0.717, 1.165) is 16.7 Å². The number of amides is 1. The first-order valence-electron chi connectivity index (χ1n) is 7.18. The van der Waals surface area contributed by atoms with Gasteiger partial charge in [0.2, 0.25) is 5.91 Å². The van der Waals surface area contributed by atoms with Crippen LogP contribution in [0.2, 0.25) is 0 Å². The number of nitrogens with one attached hydrogen (secondary N) is 1. The maximum Gasteiger partial charge on any atom is 0.225 e. The topological polar surface area (TPSA) is 66.4 Å². The van der Waals surface area contributed by atoms with Gasteiger partial charge in [-0.2, -0.15) is 0 Å². The molecule has 1 aromatic carbocycles. The van der Waals surface area contributed by atoms with Crippen molar-refractivity contribution in [2.24, 2.45) is 0 Å². The van der Waals surface area contributed by atoms with E-state index in [4.69, 9.17) is 0 Å². The van der Waals surface area contributed by atoms with Gasteiger partial charge in [-0.15, -0.1) is 11.3 Å². The average molecular weight is 315 g/mol. The van der Waals surface area contributed by atoms with Gasteiger partial charge < -0.3 is 10.4 Å². The first-order chi connectivity index (χ1) is 10.5. The van der Waals surface area contributed by atoms with Gasteiger partial charge in [0.05, 0.1) is 23.4 Å². The Labute approximate surface area is 132 Å². The molecule has 5 heteroatoms. The van der Waals surface area contributed by atoms with Crippen LogP contribution in [0.15, 0.2) is 35.7 Å². The van der Waals surface area contributed by atoms with E-state index in [1.807, 2.05) is 29.6 Å². The molecule has 0 unspecified atom stereocenters. The third kappa shape index (κ3) is 2.96. The minimum absolute atomic E-state index is 0.0109. The molecule has 22 heavy (non-hydrogen) atoms. The number of carbonyl (C=O) groups is 2. The Hall–Kier alpha value is -1.98. The molecule has 1 aliphatic rings. The molecule has 1 aliphatic carbocycles. The summed E-state index contributed by atoms with van der Waals surface area (Å²) in [5, 5.41) is 14.9. The van der Waals surface area contributed by atoms with Crippen LogP contribution >= 0.6 is 11.3 Å². The second kappa shape index (κ2) is 6.02. The molecule has 2 atom stereocenters. The number of aliphatic hydroxyl groups is 1. The molecule has 114 valence electrons. The Balaban J connectivity index is 1.68. The molecule has 0 saturated heterocycles. The Bertz CT molecular complexity index is 722. The van der Waals surface area contributed by atoms with Gasteiger partial charge in [0.1, 0.15) is 0 Å². The van der Waals surface area contributed by atoms with Crippen LogP contribution in [-0.2, 0) is 17.6 Å². The summed E-state index contributed by atoms with van der Waals surface area (Å²) in [5.74, 6) is -0.134. The number of rotatable bonds is 4. The fraction of sp³-hybridized carbons (Fsp3) is 0.294. The molecule has 1 aromatic heterocycles. The third-order valence-electron chi connectivity index (χ3n) is 3.89. The fourth-order valence-corrected chi connectivity index (χ4v) is 3.63. The molecule has 0 aliphatic heterocycles. The summed E-state index contributed by atoms with van der Waals surface area (Å²) < 4.78 is 0. The van der Waals surface area contributed by atoms with E-state index in [2.05, 4.69) is 5.32 Å². The van der Waals surface area contributed by atoms with Crippen molar-refractivity contribution < 1.29 is 14.7 Å². The molecule has 2 aromatic rings. The number of benzene rings is 1. The Morgan fingerprint density at radius 2 is 2.14 bits per heavy atom. The molecule has 2 N–H and O–H groups in total. The minimum atomic E-state index is -0.586. The van der Waals surface area contributed by atoms with E-state index in [9.17, 15) is 14.7 Å². The zero-order valence-corrected chi connectivity index (χ0v) is 13.0. The monoisotopic (exact) mass is 315 g/mol. The summed E-state index contributed by atoms with van der Waals surface area (Å²) in [5.41, 5.74) is 2.89. The largest absolute Gasteiger partial charge is 0.390 e. The molecular weight excluding hydrogens is 298 g/mol. The standard InChI is InChI=1S/C17H17NO3S/c1-10(19)15-6-11(9-22-15)7-16(21)18-17-13-5-3-2-4-12(13)8-14(17)20/h2-6,9,14,17,20H,7-8H2,1H3,(H,18,21)/t14-,17-/m1/s1. The van der Waals surface area contributed by atoms with Crippen molar-refractivity contribution in [3.63, 3.8) is 0 Å². The van der Waals surface area contributed by atoms with Crippen LogP contribution in [0, 0.1) is 0 Å². The first kappa shape index (κ1) is 14.9. The fourth-order valence-electron chi connectivity index (χ4n) is 2.81. The van der Waals surface area contributed by atoms with Crippen LogP contribution in [0.5, 0.6) is 0 Å². The smallest absolute Gasteiger partial charge is 0.225 e. The lowest BCUT2D eigenvalue weighted by molar-refractivity contribution is -0.121. The van der Waals surface area contributed by atoms with E-state index in [1.165, 1.54) is 18.3 Å². The van der Waals surface area contributed by atoms with Crippen molar-refractivity contribution in [3.8, 4) is 0 Å². The highest BCUT2D eigenvalue weighted by Crippen LogP contribution is 2.31. The van der Waals surface area contributed by atoms with E-state index < -0.39 is 6.10 Å². The minimum Gasteiger partial charge on any atom is -0.390 e. The van der Waals surface area contributed by atoms with Crippen molar-refractivity contribution in [3.05, 3.63) is 57.3 Å². The number of hydrogen-bond donors (Lipinski definition) is 2. The number of thiophene rings is 1. The van der Waals surface area contributed by atoms with Crippen molar-refractivity contribution in [2.45, 2.75) is 31.9 Å². The van der Waals surface area contributed by atoms with Gasteiger partial charge in [-0.3, -0.25) is 9.59 Å². The van der Waals surface area contributed by atoms with Crippen LogP contribution in [0.25, 0.3) is 0 Å². The maximum absolute atomic E-state index is 12.2. The van der Waals surface area contributed by atoms with Crippen molar-refractivity contribution in [1.29, 1.82) is 0 Å². The zero-order valence-electron chi connectivity index (χ0n) is 12.2. The van der Waals surface area contributed by atoms with Crippen LogP contribution < -0.4 is 5.32 Å². The lowest BCUT2D eigenvalue weighted by Gasteiger charge is -2.17. The molecule has 0 saturated carbocycles. The molecule has 0 radical (unpaired) electrons. The maximum atomic E-state index is 12.2. The van der Waals surface area contributed by atoms with E-state index >= 15 is 0 Å². The van der Waals surface area contributed by atoms with Crippen LogP contribution in [0.1, 0.15) is 39.3 Å². The summed E-state index contributed by atoms with van der Waals surface area (Å²) in [7, 11) is 0. The average Bonchev–Trinajstić information content (AvgIpc) is 3.05. The SMILES string of the molecule is CC(=O)c1cc(CC(=O)N[C@@H]2c3ccccc3C[C@H]2O)cs1. The molecular formula is C17H17NO3S. The summed E-state index contributed by atoms with van der Waals surface area (Å²) in [6.45, 7) is 1.52. The van der Waals surface area contributed by atoms with Gasteiger partial charge in [0.15, 0.2) is 5.78 Å². The van der Waals surface area contributed by atoms with Crippen molar-refractivity contribution >= 4 is 23.0 Å². The number of hydrogen-bond acceptors (Lipinski definition) is 4. The number of aliphatic hydroxyl groups excluding tert-OH is 1. The Morgan fingerprint density at radius 1 is 1.36 bits per heavy atom. The predicted molar refractivity (Wildman–Crippen MR) is 85.1 cm³/mol. The predicted octanol–water partition coefficient (Wildman–Crippen LogP) is 2.27. The molecule has 0 fully saturated rings. The normalized spacial score (nSPS) is 19.7. The van der Waals surface area contributed by atoms with Gasteiger partial charge in [-0.1, -0.05) is 24.3 Å². The summed E-state index contributed by atoms with van der Waals surface area (Å²) >= 11 is 1.35. The van der Waals surface area contributed by atoms with Gasteiger partial charge in [0, 0.05) is 6.42 Å². The van der Waals surface area contributed by atoms with Gasteiger partial charge >= 0.3 is 0 Å². The molecule has 3 rings (SSSR count). The Kier molecular flexibility index (Phi) is 4.09. The van der Waals surface area contributed by atoms with Gasteiger partial charge in [-0.25, -0.2) is 0 Å². The molecule has 1 heterocycles. The molecule has 4 nitrogen and oxygen atoms in total. The van der Waals surface area contributed by atoms with Crippen molar-refractivity contribution in [2.75, 3.05) is 0 Å². The van der Waals surface area contributed by atoms with Crippen LogP contribution in [0.4, 0.5) is 0 Å². The van der Waals surface area contributed by atoms with E-state index in [1.54, 1.807) is 6.07 Å². The highest BCUT2D eigenvalue weighted by Gasteiger charge is 2.31. The second-order valence-corrected chi connectivity index (χ2v) is 6.48. The zero-order chi connectivity index (χ0) is 15.7. The quantitative estimate of drug-likeness (QED) is 0.851. The number of carbonyl (C=O) groups excluding carboxylic acids is 2. The summed E-state index contributed by atoms with van der Waals surface area (Å²) in [6, 6.07) is 9.16. The van der Waals surface area contributed by atoms with E-state index in [0.29, 0.717) is 11.3 Å². The first-order valence-corrected chi connectivity index (χ1v) is 8.06. The number of fused-ring (bicyclic) bond motifs is 1. The lowest BCUT2D eigenvalue weighted by Crippen LogP contribution is -2.34. The van der Waals surface area contributed by atoms with Gasteiger partial charge in [0.25, 0.3) is 0 Å². The van der Waals surface area contributed by atoms with Crippen LogP contribution in [0.3, 0.4) is 0 Å². The van der Waals surface area contributed by atoms with E-state index in [-0.39, 0.29) is 24.2 Å². The lowest BCUT2D eigenvalue weighted by atomic mass is 10.1. The summed E-state index contributed by atoms with van der Waals surface area (Å²) in [6.07, 6.45) is 0.194. The van der Waals surface area contributed by atoms with Crippen LogP contribution in [-0.4, -0.2) is 22.9 Å². The number of Topliss-reactive ketones (excluding diaryl/α,β-unsaturated/α-hetero) is 1. The van der Waals surface area contributed by atoms with Gasteiger partial charge in [-0.05, 0) is 35.1 Å². The summed E-state index contributed by atoms with van der Waals surface area (Å²) in [4.78, 5) is 24.1. The third-order valence-corrected chi connectivity index (χ3v) is 4.97. The number of ketones is 1. The molecule has 0 bridgehead atoms. The second-order valence-electron chi connectivity index (χ2n) is 5.57. The Morgan fingerprint density at radius 3 is 2.86 bits per heavy atom. The van der Waals surface area contributed by atoms with Crippen molar-refractivity contribution in [1.82, 2.24) is 5.32 Å². The highest BCUT2D eigenvalue weighted by molar-refractivity contribution is 7.12. The molecule has 1 amide bonds. The molecule has 0 spiro atoms.